The summed E-state index contributed by atoms with van der Waals surface area (Å²) in [6.45, 7) is 0.566. The molecule has 154 valence electrons. The van der Waals surface area contributed by atoms with E-state index < -0.39 is 0 Å². The second kappa shape index (κ2) is 6.52. The molecule has 30 heavy (non-hydrogen) atoms. The van der Waals surface area contributed by atoms with Crippen molar-refractivity contribution < 1.29 is 4.79 Å². The van der Waals surface area contributed by atoms with Crippen LogP contribution < -0.4 is 10.9 Å². The molecule has 1 aromatic carbocycles. The molecule has 4 aliphatic carbocycles. The predicted molar refractivity (Wildman–Crippen MR) is 113 cm³/mol. The number of aromatic amines is 1. The summed E-state index contributed by atoms with van der Waals surface area (Å²) in [5.41, 5.74) is 1.26. The number of anilines is 1. The van der Waals surface area contributed by atoms with Crippen LogP contribution in [-0.2, 0) is 11.3 Å². The molecule has 4 saturated carbocycles. The summed E-state index contributed by atoms with van der Waals surface area (Å²) in [4.78, 5) is 37.4. The molecule has 1 amide bonds. The zero-order valence-corrected chi connectivity index (χ0v) is 16.8. The first-order chi connectivity index (χ1) is 14.6. The van der Waals surface area contributed by atoms with E-state index in [0.29, 0.717) is 35.5 Å². The zero-order chi connectivity index (χ0) is 20.3. The number of nitrogens with zero attached hydrogens (tertiary/aromatic N) is 3. The predicted octanol–water partition coefficient (Wildman–Crippen LogP) is 3.32. The molecular weight excluding hydrogens is 378 g/mol. The third-order valence-corrected chi connectivity index (χ3v) is 7.42. The number of carbonyl (C=O) groups is 1. The Labute approximate surface area is 173 Å². The highest BCUT2D eigenvalue weighted by Gasteiger charge is 2.54. The van der Waals surface area contributed by atoms with Crippen molar-refractivity contribution in [3.8, 4) is 0 Å². The van der Waals surface area contributed by atoms with Gasteiger partial charge in [0.25, 0.3) is 5.56 Å². The van der Waals surface area contributed by atoms with Gasteiger partial charge >= 0.3 is 0 Å². The summed E-state index contributed by atoms with van der Waals surface area (Å²) in [6.07, 6.45) is 8.41. The number of rotatable bonds is 4. The number of H-pyrrole nitrogens is 1. The van der Waals surface area contributed by atoms with E-state index in [9.17, 15) is 9.59 Å². The lowest BCUT2D eigenvalue weighted by molar-refractivity contribution is -0.140. The van der Waals surface area contributed by atoms with Gasteiger partial charge in [0.1, 0.15) is 0 Å². The Morgan fingerprint density at radius 1 is 1.10 bits per heavy atom. The van der Waals surface area contributed by atoms with Gasteiger partial charge in [0.15, 0.2) is 11.2 Å². The Kier molecular flexibility index (Phi) is 3.88. The van der Waals surface area contributed by atoms with Gasteiger partial charge in [-0.1, -0.05) is 30.3 Å². The van der Waals surface area contributed by atoms with Gasteiger partial charge in [0.2, 0.25) is 11.9 Å². The summed E-state index contributed by atoms with van der Waals surface area (Å²) in [5, 5.41) is 2.97. The summed E-state index contributed by atoms with van der Waals surface area (Å²) in [5.74, 6) is 2.30. The van der Waals surface area contributed by atoms with E-state index in [2.05, 4.69) is 20.3 Å². The Bertz CT molecular complexity index is 1140. The van der Waals surface area contributed by atoms with Crippen molar-refractivity contribution in [3.05, 3.63) is 52.6 Å². The molecule has 0 atom stereocenters. The van der Waals surface area contributed by atoms with Crippen LogP contribution in [-0.4, -0.2) is 25.4 Å². The van der Waals surface area contributed by atoms with Crippen LogP contribution in [0, 0.1) is 23.2 Å². The van der Waals surface area contributed by atoms with Gasteiger partial charge in [-0.2, -0.15) is 4.98 Å². The fourth-order valence-electron chi connectivity index (χ4n) is 6.54. The molecule has 3 aromatic rings. The molecule has 2 N–H and O–H groups in total. The smallest absolute Gasteiger partial charge is 0.280 e. The molecule has 2 heterocycles. The number of aromatic nitrogens is 4. The summed E-state index contributed by atoms with van der Waals surface area (Å²) in [7, 11) is 0. The number of hydrogen-bond acceptors (Lipinski definition) is 4. The maximum Gasteiger partial charge on any atom is 0.280 e. The van der Waals surface area contributed by atoms with Crippen molar-refractivity contribution in [2.75, 3.05) is 5.32 Å². The number of carbonyl (C=O) groups excluding carboxylic acids is 1. The van der Waals surface area contributed by atoms with Crippen molar-refractivity contribution in [1.29, 1.82) is 0 Å². The summed E-state index contributed by atoms with van der Waals surface area (Å²) < 4.78 is 1.85. The summed E-state index contributed by atoms with van der Waals surface area (Å²) >= 11 is 0. The highest BCUT2D eigenvalue weighted by molar-refractivity contribution is 5.94. The van der Waals surface area contributed by atoms with E-state index in [4.69, 9.17) is 0 Å². The van der Waals surface area contributed by atoms with Gasteiger partial charge in [-0.25, -0.2) is 4.98 Å². The topological polar surface area (TPSA) is 92.7 Å². The standard InChI is InChI=1S/C23H25N5O2/c29-20-18-19(28(13-24-18)12-14-4-2-1-3-5-14)25-22(26-20)27-21(30)23-9-15-6-16(10-23)8-17(7-15)11-23/h1-5,13,15-17H,6-12H2,(H2,25,26,27,29,30). The van der Waals surface area contributed by atoms with Crippen molar-refractivity contribution in [2.24, 2.45) is 23.2 Å². The number of nitrogens with one attached hydrogen (secondary N) is 2. The van der Waals surface area contributed by atoms with E-state index in [1.165, 1.54) is 19.3 Å². The molecule has 0 unspecified atom stereocenters. The Balaban J connectivity index is 1.30. The van der Waals surface area contributed by atoms with E-state index in [1.807, 2.05) is 34.9 Å². The van der Waals surface area contributed by atoms with E-state index in [-0.39, 0.29) is 22.8 Å². The van der Waals surface area contributed by atoms with Crippen molar-refractivity contribution >= 4 is 23.0 Å². The first kappa shape index (κ1) is 17.9. The minimum atomic E-state index is -0.326. The normalized spacial score (nSPS) is 29.4. The van der Waals surface area contributed by atoms with Crippen LogP contribution in [0.1, 0.15) is 44.1 Å². The quantitative estimate of drug-likeness (QED) is 0.699. The SMILES string of the molecule is O=C(Nc1nc2c(ncn2Cc2ccccc2)c(=O)[nH]1)C12CC3CC(CC(C3)C1)C2. The van der Waals surface area contributed by atoms with Crippen LogP contribution in [0.2, 0.25) is 0 Å². The lowest BCUT2D eigenvalue weighted by atomic mass is 9.49. The maximum absolute atomic E-state index is 13.3. The van der Waals surface area contributed by atoms with Crippen molar-refractivity contribution in [1.82, 2.24) is 19.5 Å². The molecule has 4 fully saturated rings. The number of amides is 1. The second-order valence-corrected chi connectivity index (χ2v) is 9.60. The molecule has 2 aromatic heterocycles. The molecule has 0 radical (unpaired) electrons. The minimum Gasteiger partial charge on any atom is -0.311 e. The highest BCUT2D eigenvalue weighted by atomic mass is 16.2. The van der Waals surface area contributed by atoms with E-state index in [1.54, 1.807) is 6.33 Å². The highest BCUT2D eigenvalue weighted by Crippen LogP contribution is 2.60. The van der Waals surface area contributed by atoms with Gasteiger partial charge in [-0.3, -0.25) is 19.9 Å². The average molecular weight is 403 g/mol. The minimum absolute atomic E-state index is 0.0261. The molecule has 4 bridgehead atoms. The second-order valence-electron chi connectivity index (χ2n) is 9.60. The van der Waals surface area contributed by atoms with Crippen LogP contribution in [0.25, 0.3) is 11.2 Å². The maximum atomic E-state index is 13.3. The lowest BCUT2D eigenvalue weighted by Gasteiger charge is -2.55. The largest absolute Gasteiger partial charge is 0.311 e. The average Bonchev–Trinajstić information content (AvgIpc) is 3.11. The van der Waals surface area contributed by atoms with Crippen LogP contribution in [0.4, 0.5) is 5.95 Å². The number of benzene rings is 1. The monoisotopic (exact) mass is 403 g/mol. The Morgan fingerprint density at radius 2 is 1.77 bits per heavy atom. The fourth-order valence-corrected chi connectivity index (χ4v) is 6.54. The van der Waals surface area contributed by atoms with Gasteiger partial charge in [0.05, 0.1) is 18.3 Å². The molecule has 7 nitrogen and oxygen atoms in total. The van der Waals surface area contributed by atoms with Gasteiger partial charge in [-0.05, 0) is 61.8 Å². The molecule has 4 aliphatic rings. The third kappa shape index (κ3) is 2.87. The molecule has 7 heteroatoms. The first-order valence-electron chi connectivity index (χ1n) is 10.9. The number of fused-ring (bicyclic) bond motifs is 1. The van der Waals surface area contributed by atoms with Crippen LogP contribution in [0.3, 0.4) is 0 Å². The lowest BCUT2D eigenvalue weighted by Crippen LogP contribution is -2.52. The Morgan fingerprint density at radius 3 is 2.43 bits per heavy atom. The fraction of sp³-hybridized carbons (Fsp3) is 0.478. The zero-order valence-electron chi connectivity index (χ0n) is 16.8. The van der Waals surface area contributed by atoms with Crippen LogP contribution >= 0.6 is 0 Å². The molecule has 0 saturated heterocycles. The van der Waals surface area contributed by atoms with E-state index in [0.717, 1.165) is 24.8 Å². The van der Waals surface area contributed by atoms with Crippen molar-refractivity contribution in [3.63, 3.8) is 0 Å². The number of imidazole rings is 1. The van der Waals surface area contributed by atoms with Gasteiger partial charge in [0, 0.05) is 0 Å². The molecule has 7 rings (SSSR count). The van der Waals surface area contributed by atoms with E-state index >= 15 is 0 Å². The summed E-state index contributed by atoms with van der Waals surface area (Å²) in [6, 6.07) is 9.97. The number of hydrogen-bond donors (Lipinski definition) is 2. The Hall–Kier alpha value is -2.96. The van der Waals surface area contributed by atoms with Gasteiger partial charge in [-0.15, -0.1) is 0 Å². The third-order valence-electron chi connectivity index (χ3n) is 7.42. The molecule has 0 aliphatic heterocycles. The van der Waals surface area contributed by atoms with Crippen LogP contribution in [0.15, 0.2) is 41.5 Å². The van der Waals surface area contributed by atoms with Crippen LogP contribution in [0.5, 0.6) is 0 Å². The first-order valence-corrected chi connectivity index (χ1v) is 10.9. The van der Waals surface area contributed by atoms with Gasteiger partial charge < -0.3 is 4.57 Å². The molecular formula is C23H25N5O2. The molecule has 0 spiro atoms. The van der Waals surface area contributed by atoms with Crippen molar-refractivity contribution in [2.45, 2.75) is 45.1 Å².